The summed E-state index contributed by atoms with van der Waals surface area (Å²) >= 11 is 0. The van der Waals surface area contributed by atoms with Crippen LogP contribution in [0.4, 0.5) is 34.9 Å². The maximum absolute atomic E-state index is 12.8. The van der Waals surface area contributed by atoms with Crippen molar-refractivity contribution in [2.45, 2.75) is 4.90 Å². The van der Waals surface area contributed by atoms with Gasteiger partial charge >= 0.3 is 6.98 Å². The first kappa shape index (κ1) is 28.0. The number of hydrogen-bond acceptors (Lipinski definition) is 2. The highest BCUT2D eigenvalue weighted by Crippen LogP contribution is 2.22. The molecule has 0 N–H and O–H groups in total. The van der Waals surface area contributed by atoms with Crippen molar-refractivity contribution in [3.8, 4) is 0 Å². The molecule has 0 bridgehead atoms. The largest absolute Gasteiger partial charge is 0.515 e. The molecule has 4 aromatic rings. The lowest BCUT2D eigenvalue weighted by molar-refractivity contribution is 0.102. The van der Waals surface area contributed by atoms with Crippen LogP contribution in [-0.4, -0.2) is 24.8 Å². The predicted octanol–water partition coefficient (Wildman–Crippen LogP) is 6.65. The van der Waals surface area contributed by atoms with Gasteiger partial charge in [-0.1, -0.05) is 58.8 Å². The molecule has 1 atom stereocenters. The summed E-state index contributed by atoms with van der Waals surface area (Å²) in [6.45, 7) is -6.30. The number of carbonyl (C=O) groups excluding carboxylic acids is 1. The molecule has 2 nitrogen and oxygen atoms in total. The van der Waals surface area contributed by atoms with Crippen molar-refractivity contribution in [2.75, 3.05) is 12.0 Å². The van der Waals surface area contributed by atoms with Gasteiger partial charge in [0, 0.05) is 5.56 Å². The molecule has 0 amide bonds. The Morgan fingerprint density at radius 2 is 1.19 bits per heavy atom. The molecule has 4 aromatic carbocycles. The summed E-state index contributed by atoms with van der Waals surface area (Å²) in [6.07, 6.45) is 1.65. The molecule has 0 aliphatic heterocycles. The van der Waals surface area contributed by atoms with Crippen LogP contribution in [0, 0.1) is 29.1 Å². The first-order valence-electron chi connectivity index (χ1n) is 10.5. The fourth-order valence-electron chi connectivity index (χ4n) is 3.40. The Morgan fingerprint density at radius 1 is 0.703 bits per heavy atom. The Morgan fingerprint density at radius 3 is 1.73 bits per heavy atom. The van der Waals surface area contributed by atoms with Crippen LogP contribution in [0.25, 0.3) is 10.8 Å². The fourth-order valence-corrected chi connectivity index (χ4v) is 4.96. The maximum atomic E-state index is 12.8. The molecule has 37 heavy (non-hydrogen) atoms. The van der Waals surface area contributed by atoms with Gasteiger partial charge in [0.15, 0.2) is 28.1 Å². The summed E-state index contributed by atoms with van der Waals surface area (Å²) in [5, 5.41) is 2.12. The number of rotatable bonds is 5. The van der Waals surface area contributed by atoms with Crippen LogP contribution in [0.5, 0.6) is 0 Å². The smallest absolute Gasteiger partial charge is 0.445 e. The number of carbonyl (C=O) groups is 1. The van der Waals surface area contributed by atoms with E-state index in [0.717, 1.165) is 15.7 Å². The second-order valence-electron chi connectivity index (χ2n) is 8.01. The SMILES string of the molecule is C[S+](=O)(CC(=O)c1ccc2ccccc2c1)c1ccccc1.Fc1c(F)c(F)c([B-](F)(F)F)c(F)c1F. The predicted molar refractivity (Wildman–Crippen MR) is 127 cm³/mol. The Hall–Kier alpha value is -3.54. The molecule has 0 fully saturated rings. The first-order chi connectivity index (χ1) is 17.2. The van der Waals surface area contributed by atoms with E-state index < -0.39 is 51.5 Å². The van der Waals surface area contributed by atoms with Crippen molar-refractivity contribution >= 4 is 38.9 Å². The van der Waals surface area contributed by atoms with Gasteiger partial charge in [0.25, 0.3) is 0 Å². The van der Waals surface area contributed by atoms with Crippen molar-refractivity contribution in [3.63, 3.8) is 0 Å². The highest BCUT2D eigenvalue weighted by atomic mass is 32.2. The Bertz CT molecular complexity index is 1480. The topological polar surface area (TPSA) is 34.1 Å². The summed E-state index contributed by atoms with van der Waals surface area (Å²) in [5.74, 6) is -13.6. The molecular formula is C25H17BF8O2S. The van der Waals surface area contributed by atoms with Gasteiger partial charge in [-0.2, -0.15) is 0 Å². The zero-order valence-corrected chi connectivity index (χ0v) is 19.8. The summed E-state index contributed by atoms with van der Waals surface area (Å²) in [7, 11) is -2.36. The van der Waals surface area contributed by atoms with E-state index in [1.807, 2.05) is 72.8 Å². The highest BCUT2D eigenvalue weighted by Gasteiger charge is 2.38. The first-order valence-corrected chi connectivity index (χ1v) is 12.6. The number of hydrogen-bond donors (Lipinski definition) is 0. The molecule has 0 aromatic heterocycles. The van der Waals surface area contributed by atoms with Crippen molar-refractivity contribution in [2.24, 2.45) is 0 Å². The molecule has 0 radical (unpaired) electrons. The molecule has 194 valence electrons. The molecule has 12 heteroatoms. The van der Waals surface area contributed by atoms with E-state index in [0.29, 0.717) is 5.56 Å². The second-order valence-corrected chi connectivity index (χ2v) is 10.8. The van der Waals surface area contributed by atoms with E-state index in [4.69, 9.17) is 0 Å². The molecule has 4 rings (SSSR count). The van der Waals surface area contributed by atoms with Gasteiger partial charge in [-0.15, -0.1) is 0 Å². The average molecular weight is 544 g/mol. The van der Waals surface area contributed by atoms with Crippen molar-refractivity contribution < 1.29 is 43.9 Å². The molecule has 0 aliphatic rings. The van der Waals surface area contributed by atoms with E-state index in [1.165, 1.54) is 0 Å². The summed E-state index contributed by atoms with van der Waals surface area (Å²) < 4.78 is 110. The van der Waals surface area contributed by atoms with E-state index in [9.17, 15) is 43.9 Å². The number of Topliss-reactive ketones (excluding diaryl/α,β-unsaturated/α-hetero) is 1. The lowest BCUT2D eigenvalue weighted by Crippen LogP contribution is -2.41. The van der Waals surface area contributed by atoms with E-state index >= 15 is 0 Å². The molecule has 1 unspecified atom stereocenters. The van der Waals surface area contributed by atoms with Crippen molar-refractivity contribution in [3.05, 3.63) is 107 Å². The number of benzene rings is 4. The normalized spacial score (nSPS) is 13.0. The summed E-state index contributed by atoms with van der Waals surface area (Å²) in [5.41, 5.74) is -2.12. The second kappa shape index (κ2) is 10.8. The minimum Gasteiger partial charge on any atom is -0.445 e. The molecule has 0 spiro atoms. The van der Waals surface area contributed by atoms with Gasteiger partial charge in [0.2, 0.25) is 5.78 Å². The van der Waals surface area contributed by atoms with Gasteiger partial charge in [0.1, 0.15) is 27.8 Å². The Balaban J connectivity index is 0.000000222. The third-order valence-corrected chi connectivity index (χ3v) is 7.37. The number of ketones is 1. The molecular weight excluding hydrogens is 527 g/mol. The Labute approximate surface area is 207 Å². The van der Waals surface area contributed by atoms with Gasteiger partial charge in [-0.3, -0.25) is 4.79 Å². The maximum Gasteiger partial charge on any atom is 0.515 e. The van der Waals surface area contributed by atoms with Crippen LogP contribution in [-0.2, 0) is 14.1 Å². The van der Waals surface area contributed by atoms with E-state index in [1.54, 1.807) is 6.26 Å². The minimum atomic E-state index is -6.30. The van der Waals surface area contributed by atoms with Crippen LogP contribution in [0.1, 0.15) is 10.4 Å². The number of halogens is 8. The van der Waals surface area contributed by atoms with Gasteiger partial charge in [-0.25, -0.2) is 22.0 Å². The highest BCUT2D eigenvalue weighted by molar-refractivity contribution is 8.03. The van der Waals surface area contributed by atoms with Crippen LogP contribution in [0.2, 0.25) is 0 Å². The van der Waals surface area contributed by atoms with Gasteiger partial charge in [-0.05, 0) is 34.4 Å². The number of fused-ring (bicyclic) bond motifs is 1. The molecule has 0 heterocycles. The molecule has 0 saturated carbocycles. The average Bonchev–Trinajstić information content (AvgIpc) is 2.86. The zero-order valence-electron chi connectivity index (χ0n) is 19.0. The van der Waals surface area contributed by atoms with Crippen LogP contribution < -0.4 is 5.46 Å². The standard InChI is InChI=1S/C19H17O2S.C6BF8/c1-22(21,18-9-3-2-4-10-18)14-19(20)17-12-11-15-7-5-6-8-16(15)13-17;8-2-1(7(13,14)15)3(9)5(11)6(12)4(2)10/h2-13H,14H2,1H3;/q+1;-1. The van der Waals surface area contributed by atoms with E-state index in [-0.39, 0.29) is 11.5 Å². The van der Waals surface area contributed by atoms with Crippen molar-refractivity contribution in [1.82, 2.24) is 0 Å². The lowest BCUT2D eigenvalue weighted by atomic mass is 9.79. The fraction of sp³-hybridized carbons (Fsp3) is 0.0800. The van der Waals surface area contributed by atoms with Crippen LogP contribution in [0.15, 0.2) is 77.7 Å². The third kappa shape index (κ3) is 6.24. The minimum absolute atomic E-state index is 0.0371. The summed E-state index contributed by atoms with van der Waals surface area (Å²) in [4.78, 5) is 13.2. The molecule has 0 saturated heterocycles. The van der Waals surface area contributed by atoms with E-state index in [2.05, 4.69) is 0 Å². The van der Waals surface area contributed by atoms with Crippen LogP contribution in [0.3, 0.4) is 0 Å². The quantitative estimate of drug-likeness (QED) is 0.0705. The Kier molecular flexibility index (Phi) is 8.21. The summed E-state index contributed by atoms with van der Waals surface area (Å²) in [6, 6.07) is 22.7. The van der Waals surface area contributed by atoms with Gasteiger partial charge < -0.3 is 12.9 Å². The molecule has 0 aliphatic carbocycles. The van der Waals surface area contributed by atoms with Crippen molar-refractivity contribution in [1.29, 1.82) is 0 Å². The zero-order chi connectivity index (χ0) is 27.5. The lowest BCUT2D eigenvalue weighted by Gasteiger charge is -2.17. The third-order valence-electron chi connectivity index (χ3n) is 5.29. The monoisotopic (exact) mass is 544 g/mol. The van der Waals surface area contributed by atoms with Crippen LogP contribution >= 0.6 is 0 Å². The van der Waals surface area contributed by atoms with Gasteiger partial charge in [0.05, 0.1) is 0 Å².